The highest BCUT2D eigenvalue weighted by atomic mass is 35.5. The Bertz CT molecular complexity index is 455. The molecule has 1 unspecified atom stereocenters. The van der Waals surface area contributed by atoms with E-state index in [9.17, 15) is 0 Å². The van der Waals surface area contributed by atoms with Crippen molar-refractivity contribution in [1.82, 2.24) is 20.1 Å². The second kappa shape index (κ2) is 5.80. The molecule has 0 aliphatic heterocycles. The molecule has 0 fully saturated rings. The summed E-state index contributed by atoms with van der Waals surface area (Å²) in [6, 6.07) is 10.3. The van der Waals surface area contributed by atoms with Crippen molar-refractivity contribution in [3.05, 3.63) is 48.0 Å². The van der Waals surface area contributed by atoms with Gasteiger partial charge in [0, 0.05) is 19.0 Å². The second-order valence-electron chi connectivity index (χ2n) is 3.80. The Morgan fingerprint density at radius 3 is 2.71 bits per heavy atom. The zero-order valence-corrected chi connectivity index (χ0v) is 10.4. The smallest absolute Gasteiger partial charge is 0.140 e. The molecule has 90 valence electrons. The van der Waals surface area contributed by atoms with E-state index >= 15 is 0 Å². The quantitative estimate of drug-likeness (QED) is 0.824. The minimum Gasteiger partial charge on any atom is -0.302 e. The molecule has 0 saturated carbocycles. The number of benzene rings is 1. The van der Waals surface area contributed by atoms with Crippen LogP contribution in [0.25, 0.3) is 0 Å². The van der Waals surface area contributed by atoms with Crippen molar-refractivity contribution in [3.8, 4) is 0 Å². The molecule has 1 heterocycles. The third kappa shape index (κ3) is 3.05. The van der Waals surface area contributed by atoms with Gasteiger partial charge in [0.05, 0.1) is 6.54 Å². The number of hydrogen-bond acceptors (Lipinski definition) is 3. The first-order chi connectivity index (χ1) is 8.31. The van der Waals surface area contributed by atoms with Crippen LogP contribution >= 0.6 is 11.6 Å². The van der Waals surface area contributed by atoms with Gasteiger partial charge in [0.1, 0.15) is 12.2 Å². The van der Waals surface area contributed by atoms with Crippen LogP contribution in [0.3, 0.4) is 0 Å². The van der Waals surface area contributed by atoms with Gasteiger partial charge in [-0.3, -0.25) is 4.68 Å². The standard InChI is InChI=1S/C12H15ClN4/c1-17-12(15-9-16-17)8-14-11(7-13)10-5-3-2-4-6-10/h2-6,9,11,14H,7-8H2,1H3. The largest absolute Gasteiger partial charge is 0.302 e. The Labute approximate surface area is 106 Å². The molecule has 1 N–H and O–H groups in total. The van der Waals surface area contributed by atoms with Crippen LogP contribution in [-0.4, -0.2) is 20.6 Å². The summed E-state index contributed by atoms with van der Waals surface area (Å²) in [5.41, 5.74) is 1.18. The average molecular weight is 251 g/mol. The van der Waals surface area contributed by atoms with Gasteiger partial charge < -0.3 is 5.32 Å². The molecule has 0 aliphatic carbocycles. The molecule has 0 bridgehead atoms. The highest BCUT2D eigenvalue weighted by molar-refractivity contribution is 6.18. The lowest BCUT2D eigenvalue weighted by Gasteiger charge is -2.15. The number of hydrogen-bond donors (Lipinski definition) is 1. The minimum atomic E-state index is 0.134. The molecule has 0 saturated heterocycles. The summed E-state index contributed by atoms with van der Waals surface area (Å²) in [7, 11) is 1.88. The van der Waals surface area contributed by atoms with E-state index in [2.05, 4.69) is 27.5 Å². The molecule has 0 radical (unpaired) electrons. The van der Waals surface area contributed by atoms with E-state index < -0.39 is 0 Å². The van der Waals surface area contributed by atoms with Gasteiger partial charge in [0.15, 0.2) is 0 Å². The predicted octanol–water partition coefficient (Wildman–Crippen LogP) is 1.88. The highest BCUT2D eigenvalue weighted by Crippen LogP contribution is 2.14. The fourth-order valence-corrected chi connectivity index (χ4v) is 1.93. The molecule has 2 rings (SSSR count). The number of aryl methyl sites for hydroxylation is 1. The van der Waals surface area contributed by atoms with E-state index in [1.807, 2.05) is 25.2 Å². The molecule has 0 amide bonds. The van der Waals surface area contributed by atoms with Crippen LogP contribution in [0, 0.1) is 0 Å². The first-order valence-corrected chi connectivity index (χ1v) is 6.02. The van der Waals surface area contributed by atoms with Gasteiger partial charge in [0.2, 0.25) is 0 Å². The van der Waals surface area contributed by atoms with E-state index in [4.69, 9.17) is 11.6 Å². The number of nitrogens with zero attached hydrogens (tertiary/aromatic N) is 3. The van der Waals surface area contributed by atoms with Crippen LogP contribution in [0.4, 0.5) is 0 Å². The Kier molecular flexibility index (Phi) is 4.12. The van der Waals surface area contributed by atoms with E-state index in [0.29, 0.717) is 12.4 Å². The van der Waals surface area contributed by atoms with Gasteiger partial charge in [0.25, 0.3) is 0 Å². The molecule has 1 aromatic carbocycles. The number of rotatable bonds is 5. The van der Waals surface area contributed by atoms with Crippen LogP contribution in [0.15, 0.2) is 36.7 Å². The van der Waals surface area contributed by atoms with Gasteiger partial charge in [-0.05, 0) is 5.56 Å². The lowest BCUT2D eigenvalue weighted by atomic mass is 10.1. The van der Waals surface area contributed by atoms with Gasteiger partial charge in [-0.25, -0.2) is 4.98 Å². The Morgan fingerprint density at radius 1 is 1.35 bits per heavy atom. The molecule has 0 spiro atoms. The fraction of sp³-hybridized carbons (Fsp3) is 0.333. The minimum absolute atomic E-state index is 0.134. The molecular weight excluding hydrogens is 236 g/mol. The van der Waals surface area contributed by atoms with Crippen LogP contribution < -0.4 is 5.32 Å². The molecule has 1 atom stereocenters. The summed E-state index contributed by atoms with van der Waals surface area (Å²) in [5, 5.41) is 7.40. The molecule has 5 heteroatoms. The van der Waals surface area contributed by atoms with Crippen molar-refractivity contribution >= 4 is 11.6 Å². The van der Waals surface area contributed by atoms with Gasteiger partial charge in [-0.15, -0.1) is 11.6 Å². The van der Waals surface area contributed by atoms with Crippen LogP contribution in [0.1, 0.15) is 17.4 Å². The molecule has 4 nitrogen and oxygen atoms in total. The zero-order valence-electron chi connectivity index (χ0n) is 9.68. The molecule has 1 aromatic heterocycles. The summed E-state index contributed by atoms with van der Waals surface area (Å²) < 4.78 is 1.75. The monoisotopic (exact) mass is 250 g/mol. The van der Waals surface area contributed by atoms with Crippen LogP contribution in [-0.2, 0) is 13.6 Å². The maximum atomic E-state index is 5.98. The Hall–Kier alpha value is -1.39. The maximum Gasteiger partial charge on any atom is 0.140 e. The van der Waals surface area contributed by atoms with Crippen molar-refractivity contribution < 1.29 is 0 Å². The van der Waals surface area contributed by atoms with Crippen molar-refractivity contribution in [3.63, 3.8) is 0 Å². The zero-order chi connectivity index (χ0) is 12.1. The van der Waals surface area contributed by atoms with Gasteiger partial charge >= 0.3 is 0 Å². The second-order valence-corrected chi connectivity index (χ2v) is 4.11. The summed E-state index contributed by atoms with van der Waals surface area (Å²) in [5.74, 6) is 1.43. The van der Waals surface area contributed by atoms with E-state index in [1.54, 1.807) is 11.0 Å². The number of alkyl halides is 1. The maximum absolute atomic E-state index is 5.98. The molecular formula is C12H15ClN4. The molecule has 0 aliphatic rings. The Morgan fingerprint density at radius 2 is 2.12 bits per heavy atom. The summed E-state index contributed by atoms with van der Waals surface area (Å²) in [4.78, 5) is 4.16. The number of halogens is 1. The number of nitrogens with one attached hydrogen (secondary N) is 1. The lowest BCUT2D eigenvalue weighted by Crippen LogP contribution is -2.23. The third-order valence-electron chi connectivity index (χ3n) is 2.67. The topological polar surface area (TPSA) is 42.7 Å². The van der Waals surface area contributed by atoms with Gasteiger partial charge in [-0.1, -0.05) is 30.3 Å². The van der Waals surface area contributed by atoms with Gasteiger partial charge in [-0.2, -0.15) is 5.10 Å². The van der Waals surface area contributed by atoms with E-state index in [0.717, 1.165) is 5.82 Å². The summed E-state index contributed by atoms with van der Waals surface area (Å²) >= 11 is 5.98. The first kappa shape index (κ1) is 12.1. The van der Waals surface area contributed by atoms with E-state index in [1.165, 1.54) is 5.56 Å². The van der Waals surface area contributed by atoms with Crippen molar-refractivity contribution in [2.45, 2.75) is 12.6 Å². The summed E-state index contributed by atoms with van der Waals surface area (Å²) in [6.07, 6.45) is 1.55. The van der Waals surface area contributed by atoms with Crippen LogP contribution in [0.2, 0.25) is 0 Å². The van der Waals surface area contributed by atoms with Crippen molar-refractivity contribution in [2.24, 2.45) is 7.05 Å². The fourth-order valence-electron chi connectivity index (χ4n) is 1.64. The summed E-state index contributed by atoms with van der Waals surface area (Å²) in [6.45, 7) is 0.656. The molecule has 2 aromatic rings. The molecule has 17 heavy (non-hydrogen) atoms. The average Bonchev–Trinajstić information content (AvgIpc) is 2.77. The van der Waals surface area contributed by atoms with Crippen molar-refractivity contribution in [1.29, 1.82) is 0 Å². The van der Waals surface area contributed by atoms with E-state index in [-0.39, 0.29) is 6.04 Å². The lowest BCUT2D eigenvalue weighted by molar-refractivity contribution is 0.544. The number of aromatic nitrogens is 3. The first-order valence-electron chi connectivity index (χ1n) is 5.48. The van der Waals surface area contributed by atoms with Crippen molar-refractivity contribution in [2.75, 3.05) is 5.88 Å². The highest BCUT2D eigenvalue weighted by Gasteiger charge is 2.10. The SMILES string of the molecule is Cn1ncnc1CNC(CCl)c1ccccc1. The predicted molar refractivity (Wildman–Crippen MR) is 67.7 cm³/mol. The third-order valence-corrected chi connectivity index (χ3v) is 2.98. The normalized spacial score (nSPS) is 12.6. The van der Waals surface area contributed by atoms with Crippen LogP contribution in [0.5, 0.6) is 0 Å². The Balaban J connectivity index is 1.99.